The van der Waals surface area contributed by atoms with Crippen molar-refractivity contribution in [2.75, 3.05) is 6.54 Å². The van der Waals surface area contributed by atoms with E-state index in [0.29, 0.717) is 19.6 Å². The molecule has 0 saturated heterocycles. The highest BCUT2D eigenvalue weighted by Gasteiger charge is 2.23. The Bertz CT molecular complexity index is 443. The number of amides is 2. The Hall–Kier alpha value is -2.05. The lowest BCUT2D eigenvalue weighted by molar-refractivity contribution is -0.138. The normalized spacial score (nSPS) is 16.2. The van der Waals surface area contributed by atoms with Crippen LogP contribution in [0.1, 0.15) is 12.7 Å². The smallest absolute Gasteiger partial charge is 0.325 e. The van der Waals surface area contributed by atoms with Crippen molar-refractivity contribution in [3.05, 3.63) is 18.2 Å². The fourth-order valence-electron chi connectivity index (χ4n) is 1.69. The van der Waals surface area contributed by atoms with Gasteiger partial charge in [0.2, 0.25) is 0 Å². The van der Waals surface area contributed by atoms with Crippen molar-refractivity contribution in [2.45, 2.75) is 26.1 Å². The monoisotopic (exact) mass is 238 g/mol. The van der Waals surface area contributed by atoms with Crippen molar-refractivity contribution >= 4 is 12.0 Å². The number of hydrogen-bond donors (Lipinski definition) is 2. The molecule has 0 unspecified atom stereocenters. The summed E-state index contributed by atoms with van der Waals surface area (Å²) in [6, 6.07) is -1.25. The first-order valence-corrected chi connectivity index (χ1v) is 5.36. The predicted octanol–water partition coefficient (Wildman–Crippen LogP) is -0.119. The molecule has 0 aromatic carbocycles. The van der Waals surface area contributed by atoms with E-state index < -0.39 is 12.0 Å². The van der Waals surface area contributed by atoms with Crippen LogP contribution in [0.2, 0.25) is 0 Å². The molecule has 1 aliphatic rings. The van der Waals surface area contributed by atoms with Gasteiger partial charge in [-0.2, -0.15) is 0 Å². The lowest BCUT2D eigenvalue weighted by atomic mass is 10.3. The van der Waals surface area contributed by atoms with E-state index in [1.807, 2.05) is 10.8 Å². The molecule has 0 aliphatic carbocycles. The summed E-state index contributed by atoms with van der Waals surface area (Å²) in [7, 11) is 0. The molecule has 1 aromatic rings. The molecule has 2 amide bonds. The zero-order chi connectivity index (χ0) is 12.4. The van der Waals surface area contributed by atoms with Gasteiger partial charge in [-0.1, -0.05) is 0 Å². The Morgan fingerprint density at radius 1 is 1.53 bits per heavy atom. The standard InChI is InChI=1S/C10H14N4O3/c1-7(9(15)16)12-10(17)14-5-4-13-3-2-11-8(13)6-14/h2-3,7H,4-6H2,1H3,(H,12,17)(H,15,16)/t7-/m0/s1. The minimum Gasteiger partial charge on any atom is -0.480 e. The molecule has 0 bridgehead atoms. The average Bonchev–Trinajstić information content (AvgIpc) is 2.75. The van der Waals surface area contributed by atoms with Gasteiger partial charge in [-0.15, -0.1) is 0 Å². The van der Waals surface area contributed by atoms with Crippen LogP contribution in [-0.2, 0) is 17.9 Å². The zero-order valence-electron chi connectivity index (χ0n) is 9.46. The number of imidazole rings is 1. The van der Waals surface area contributed by atoms with Gasteiger partial charge < -0.3 is 19.9 Å². The molecule has 1 aromatic heterocycles. The number of carboxylic acids is 1. The number of carbonyl (C=O) groups is 2. The minimum absolute atomic E-state index is 0.367. The number of urea groups is 1. The second-order valence-electron chi connectivity index (χ2n) is 3.97. The number of aliphatic carboxylic acids is 1. The average molecular weight is 238 g/mol. The maximum Gasteiger partial charge on any atom is 0.325 e. The van der Waals surface area contributed by atoms with Crippen LogP contribution in [0, 0.1) is 0 Å². The Kier molecular flexibility index (Phi) is 2.99. The predicted molar refractivity (Wildman–Crippen MR) is 58.3 cm³/mol. The molecule has 1 atom stereocenters. The van der Waals surface area contributed by atoms with Gasteiger partial charge in [-0.3, -0.25) is 4.79 Å². The van der Waals surface area contributed by atoms with Crippen LogP contribution in [0.4, 0.5) is 4.79 Å². The summed E-state index contributed by atoms with van der Waals surface area (Å²) in [5.41, 5.74) is 0. The van der Waals surface area contributed by atoms with Crippen molar-refractivity contribution in [3.63, 3.8) is 0 Å². The quantitative estimate of drug-likeness (QED) is 0.752. The highest BCUT2D eigenvalue weighted by atomic mass is 16.4. The molecule has 2 heterocycles. The molecule has 17 heavy (non-hydrogen) atoms. The highest BCUT2D eigenvalue weighted by Crippen LogP contribution is 2.10. The Morgan fingerprint density at radius 3 is 3.00 bits per heavy atom. The lowest BCUT2D eigenvalue weighted by Crippen LogP contribution is -2.48. The number of rotatable bonds is 2. The molecule has 0 fully saturated rings. The molecular weight excluding hydrogens is 224 g/mol. The molecular formula is C10H14N4O3. The molecule has 7 nitrogen and oxygen atoms in total. The molecule has 7 heteroatoms. The third-order valence-corrected chi connectivity index (χ3v) is 2.74. The topological polar surface area (TPSA) is 87.5 Å². The Labute approximate surface area is 98.0 Å². The Balaban J connectivity index is 1.96. The number of fused-ring (bicyclic) bond motifs is 1. The molecule has 1 aliphatic heterocycles. The van der Waals surface area contributed by atoms with Crippen molar-refractivity contribution in [3.8, 4) is 0 Å². The SMILES string of the molecule is C[C@H](NC(=O)N1CCn2ccnc2C1)C(=O)O. The van der Waals surface area contributed by atoms with Gasteiger partial charge in [-0.05, 0) is 6.92 Å². The van der Waals surface area contributed by atoms with E-state index in [4.69, 9.17) is 5.11 Å². The number of hydrogen-bond acceptors (Lipinski definition) is 3. The van der Waals surface area contributed by atoms with Gasteiger partial charge in [0.15, 0.2) is 0 Å². The van der Waals surface area contributed by atoms with Crippen LogP contribution in [0.15, 0.2) is 12.4 Å². The van der Waals surface area contributed by atoms with Gasteiger partial charge in [0.05, 0.1) is 6.54 Å². The molecule has 2 N–H and O–H groups in total. The summed E-state index contributed by atoms with van der Waals surface area (Å²) < 4.78 is 1.98. The van der Waals surface area contributed by atoms with E-state index in [2.05, 4.69) is 10.3 Å². The summed E-state index contributed by atoms with van der Waals surface area (Å²) >= 11 is 0. The first kappa shape index (κ1) is 11.4. The summed E-state index contributed by atoms with van der Waals surface area (Å²) in [5.74, 6) is -0.230. The van der Waals surface area contributed by atoms with Crippen molar-refractivity contribution < 1.29 is 14.7 Å². The lowest BCUT2D eigenvalue weighted by Gasteiger charge is -2.28. The fourth-order valence-corrected chi connectivity index (χ4v) is 1.69. The first-order chi connectivity index (χ1) is 8.08. The zero-order valence-corrected chi connectivity index (χ0v) is 9.46. The van der Waals surface area contributed by atoms with E-state index in [-0.39, 0.29) is 6.03 Å². The van der Waals surface area contributed by atoms with Crippen LogP contribution in [0.5, 0.6) is 0 Å². The molecule has 92 valence electrons. The largest absolute Gasteiger partial charge is 0.480 e. The fraction of sp³-hybridized carbons (Fsp3) is 0.500. The highest BCUT2D eigenvalue weighted by molar-refractivity contribution is 5.82. The summed E-state index contributed by atoms with van der Waals surface area (Å²) in [4.78, 5) is 28.1. The van der Waals surface area contributed by atoms with Crippen LogP contribution >= 0.6 is 0 Å². The van der Waals surface area contributed by atoms with E-state index in [1.54, 1.807) is 11.1 Å². The van der Waals surface area contributed by atoms with Gasteiger partial charge in [-0.25, -0.2) is 9.78 Å². The Morgan fingerprint density at radius 2 is 2.29 bits per heavy atom. The van der Waals surface area contributed by atoms with Gasteiger partial charge >= 0.3 is 12.0 Å². The van der Waals surface area contributed by atoms with Crippen molar-refractivity contribution in [1.82, 2.24) is 19.8 Å². The van der Waals surface area contributed by atoms with E-state index in [9.17, 15) is 9.59 Å². The number of aromatic nitrogens is 2. The third kappa shape index (κ3) is 2.38. The molecule has 2 rings (SSSR count). The van der Waals surface area contributed by atoms with Crippen LogP contribution in [0.3, 0.4) is 0 Å². The van der Waals surface area contributed by atoms with E-state index in [0.717, 1.165) is 5.82 Å². The first-order valence-electron chi connectivity index (χ1n) is 5.36. The van der Waals surface area contributed by atoms with Crippen molar-refractivity contribution in [1.29, 1.82) is 0 Å². The van der Waals surface area contributed by atoms with Gasteiger partial charge in [0.1, 0.15) is 11.9 Å². The summed E-state index contributed by atoms with van der Waals surface area (Å²) in [6.07, 6.45) is 3.56. The van der Waals surface area contributed by atoms with Crippen molar-refractivity contribution in [2.24, 2.45) is 0 Å². The third-order valence-electron chi connectivity index (χ3n) is 2.74. The number of carbonyl (C=O) groups excluding carboxylic acids is 1. The van der Waals surface area contributed by atoms with Gasteiger partial charge in [0.25, 0.3) is 0 Å². The van der Waals surface area contributed by atoms with Crippen LogP contribution < -0.4 is 5.32 Å². The number of carboxylic acid groups (broad SMARTS) is 1. The summed E-state index contributed by atoms with van der Waals surface area (Å²) in [6.45, 7) is 3.09. The minimum atomic E-state index is -1.04. The maximum atomic E-state index is 11.8. The van der Waals surface area contributed by atoms with E-state index in [1.165, 1.54) is 6.92 Å². The summed E-state index contributed by atoms with van der Waals surface area (Å²) in [5, 5.41) is 11.1. The van der Waals surface area contributed by atoms with E-state index >= 15 is 0 Å². The van der Waals surface area contributed by atoms with Crippen LogP contribution in [-0.4, -0.2) is 44.1 Å². The second kappa shape index (κ2) is 4.44. The molecule has 0 spiro atoms. The second-order valence-corrected chi connectivity index (χ2v) is 3.97. The van der Waals surface area contributed by atoms with Gasteiger partial charge in [0, 0.05) is 25.5 Å². The number of nitrogens with zero attached hydrogens (tertiary/aromatic N) is 3. The maximum absolute atomic E-state index is 11.8. The molecule has 0 saturated carbocycles. The number of nitrogens with one attached hydrogen (secondary N) is 1. The molecule has 0 radical (unpaired) electrons. The van der Waals surface area contributed by atoms with Crippen LogP contribution in [0.25, 0.3) is 0 Å².